The number of carbonyl (C=O) groups is 1. The van der Waals surface area contributed by atoms with Gasteiger partial charge in [0.15, 0.2) is 0 Å². The predicted molar refractivity (Wildman–Crippen MR) is 85.0 cm³/mol. The van der Waals surface area contributed by atoms with Gasteiger partial charge in [0, 0.05) is 21.7 Å². The number of halogens is 3. The van der Waals surface area contributed by atoms with E-state index in [1.807, 2.05) is 24.3 Å². The van der Waals surface area contributed by atoms with Crippen LogP contribution in [0.4, 0.5) is 14.5 Å². The van der Waals surface area contributed by atoms with Crippen molar-refractivity contribution in [3.8, 4) is 0 Å². The molecule has 0 aliphatic carbocycles. The van der Waals surface area contributed by atoms with Gasteiger partial charge in [-0.2, -0.15) is 0 Å². The Balaban J connectivity index is 1.83. The molecule has 6 heteroatoms. The highest BCUT2D eigenvalue weighted by Crippen LogP contribution is 2.25. The molecule has 0 amide bonds. The third-order valence-electron chi connectivity index (χ3n) is 3.26. The van der Waals surface area contributed by atoms with E-state index in [1.54, 1.807) is 6.07 Å². The molecule has 117 valence electrons. The fraction of sp³-hybridized carbons (Fsp3) is 0.0588. The minimum absolute atomic E-state index is 0.167. The molecule has 23 heavy (non-hydrogen) atoms. The normalized spacial score (nSPS) is 11.1. The first kappa shape index (κ1) is 15.5. The number of benzene rings is 2. The van der Waals surface area contributed by atoms with Crippen molar-refractivity contribution in [1.82, 2.24) is 0 Å². The second-order valence-corrected chi connectivity index (χ2v) is 5.27. The van der Waals surface area contributed by atoms with Gasteiger partial charge in [0.25, 0.3) is 0 Å². The summed E-state index contributed by atoms with van der Waals surface area (Å²) in [5.74, 6) is -0.774. The molecule has 0 saturated carbocycles. The molecule has 0 aliphatic rings. The number of para-hydroxylation sites is 1. The maximum atomic E-state index is 12.7. The van der Waals surface area contributed by atoms with Crippen molar-refractivity contribution in [2.24, 2.45) is 0 Å². The Morgan fingerprint density at radius 1 is 1.17 bits per heavy atom. The van der Waals surface area contributed by atoms with Crippen molar-refractivity contribution in [1.29, 1.82) is 0 Å². The molecule has 2 aromatic carbocycles. The van der Waals surface area contributed by atoms with Crippen molar-refractivity contribution in [2.75, 3.05) is 5.32 Å². The van der Waals surface area contributed by atoms with Crippen molar-refractivity contribution >= 4 is 34.0 Å². The molecule has 3 rings (SSSR count). The van der Waals surface area contributed by atoms with Crippen LogP contribution >= 0.6 is 11.6 Å². The number of anilines is 1. The maximum Gasteiger partial charge on any atom is 0.300 e. The van der Waals surface area contributed by atoms with E-state index in [0.29, 0.717) is 11.3 Å². The first-order chi connectivity index (χ1) is 11.0. The summed E-state index contributed by atoms with van der Waals surface area (Å²) in [5, 5.41) is 3.95. The summed E-state index contributed by atoms with van der Waals surface area (Å²) < 4.78 is 30.9. The third kappa shape index (κ3) is 3.35. The summed E-state index contributed by atoms with van der Waals surface area (Å²) in [4.78, 5) is 11.6. The minimum atomic E-state index is -3.10. The van der Waals surface area contributed by atoms with E-state index in [-0.39, 0.29) is 16.3 Å². The molecule has 3 aromatic rings. The van der Waals surface area contributed by atoms with Gasteiger partial charge < -0.3 is 9.73 Å². The molecule has 0 unspecified atom stereocenters. The molecule has 0 aliphatic heterocycles. The molecule has 3 nitrogen and oxygen atoms in total. The summed E-state index contributed by atoms with van der Waals surface area (Å²) in [6.07, 6.45) is -3.10. The number of hydrogen-bond acceptors (Lipinski definition) is 3. The standard InChI is InChI=1S/C17H11ClF2NO2/c18-11-5-6-14(13(8-11)16(22)17(19)20)21-9-12-7-10-3-1-2-4-15(10)23-12/h1-9,17,21H. The second kappa shape index (κ2) is 6.38. The maximum absolute atomic E-state index is 12.7. The molecule has 0 bridgehead atoms. The van der Waals surface area contributed by atoms with Crippen molar-refractivity contribution in [2.45, 2.75) is 6.43 Å². The zero-order valence-corrected chi connectivity index (χ0v) is 12.5. The van der Waals surface area contributed by atoms with Crippen LogP contribution in [0.1, 0.15) is 16.1 Å². The Morgan fingerprint density at radius 2 is 1.96 bits per heavy atom. The highest BCUT2D eigenvalue weighted by Gasteiger charge is 2.21. The molecule has 1 radical (unpaired) electrons. The topological polar surface area (TPSA) is 42.2 Å². The van der Waals surface area contributed by atoms with E-state index in [4.69, 9.17) is 16.0 Å². The van der Waals surface area contributed by atoms with Crippen LogP contribution in [0.2, 0.25) is 5.02 Å². The molecular formula is C17H11ClF2NO2. The summed E-state index contributed by atoms with van der Waals surface area (Å²) in [6.45, 7) is 1.51. The number of hydrogen-bond donors (Lipinski definition) is 1. The number of fused-ring (bicyclic) bond motifs is 1. The fourth-order valence-corrected chi connectivity index (χ4v) is 2.36. The Kier molecular flexibility index (Phi) is 4.30. The van der Waals surface area contributed by atoms with Crippen LogP contribution in [0.5, 0.6) is 0 Å². The van der Waals surface area contributed by atoms with Crippen LogP contribution in [0.25, 0.3) is 11.0 Å². The molecule has 1 heterocycles. The van der Waals surface area contributed by atoms with E-state index >= 15 is 0 Å². The van der Waals surface area contributed by atoms with Crippen LogP contribution in [0.15, 0.2) is 52.9 Å². The molecule has 0 fully saturated rings. The van der Waals surface area contributed by atoms with Crippen LogP contribution < -0.4 is 5.32 Å². The lowest BCUT2D eigenvalue weighted by molar-refractivity contribution is 0.0679. The molecule has 0 atom stereocenters. The van der Waals surface area contributed by atoms with Crippen molar-refractivity contribution in [3.05, 3.63) is 71.4 Å². The number of alkyl halides is 2. The number of furan rings is 1. The lowest BCUT2D eigenvalue weighted by Gasteiger charge is -2.10. The minimum Gasteiger partial charge on any atom is -0.459 e. The number of ketones is 1. The van der Waals surface area contributed by atoms with E-state index in [0.717, 1.165) is 5.39 Å². The molecular weight excluding hydrogens is 324 g/mol. The van der Waals surface area contributed by atoms with Gasteiger partial charge >= 0.3 is 6.43 Å². The first-order valence-corrected chi connectivity index (χ1v) is 7.12. The second-order valence-electron chi connectivity index (χ2n) is 4.83. The van der Waals surface area contributed by atoms with Gasteiger partial charge in [0.1, 0.15) is 17.9 Å². The summed E-state index contributed by atoms with van der Waals surface area (Å²) in [5.41, 5.74) is 0.778. The van der Waals surface area contributed by atoms with E-state index in [1.165, 1.54) is 24.7 Å². The van der Waals surface area contributed by atoms with Crippen molar-refractivity contribution < 1.29 is 18.0 Å². The molecule has 1 N–H and O–H groups in total. The van der Waals surface area contributed by atoms with Gasteiger partial charge in [-0.05, 0) is 30.3 Å². The Bertz CT molecular complexity index is 828. The number of carbonyl (C=O) groups excluding carboxylic acids is 1. The average Bonchev–Trinajstić information content (AvgIpc) is 2.95. The highest BCUT2D eigenvalue weighted by molar-refractivity contribution is 6.31. The summed E-state index contributed by atoms with van der Waals surface area (Å²) in [7, 11) is 0. The smallest absolute Gasteiger partial charge is 0.300 e. The third-order valence-corrected chi connectivity index (χ3v) is 3.49. The Morgan fingerprint density at radius 3 is 2.70 bits per heavy atom. The van der Waals surface area contributed by atoms with Crippen LogP contribution in [-0.2, 0) is 0 Å². The van der Waals surface area contributed by atoms with Crippen molar-refractivity contribution in [3.63, 3.8) is 0 Å². The Labute approximate surface area is 135 Å². The number of Topliss-reactive ketones (excluding diaryl/α,β-unsaturated/α-hetero) is 1. The summed E-state index contributed by atoms with van der Waals surface area (Å²) >= 11 is 5.78. The van der Waals surface area contributed by atoms with Gasteiger partial charge in [0.2, 0.25) is 5.78 Å². The van der Waals surface area contributed by atoms with Crippen LogP contribution in [0, 0.1) is 6.54 Å². The van der Waals surface area contributed by atoms with Gasteiger partial charge in [-0.1, -0.05) is 29.8 Å². The zero-order valence-electron chi connectivity index (χ0n) is 11.7. The molecule has 1 aromatic heterocycles. The number of rotatable bonds is 5. The highest BCUT2D eigenvalue weighted by atomic mass is 35.5. The van der Waals surface area contributed by atoms with Gasteiger partial charge in [-0.15, -0.1) is 0 Å². The van der Waals surface area contributed by atoms with Crippen LogP contribution in [-0.4, -0.2) is 12.2 Å². The van der Waals surface area contributed by atoms with E-state index < -0.39 is 12.2 Å². The first-order valence-electron chi connectivity index (χ1n) is 6.75. The lowest BCUT2D eigenvalue weighted by Crippen LogP contribution is -2.13. The molecule has 0 spiro atoms. The number of nitrogens with one attached hydrogen (secondary N) is 1. The largest absolute Gasteiger partial charge is 0.459 e. The van der Waals surface area contributed by atoms with Gasteiger partial charge in [-0.25, -0.2) is 8.78 Å². The van der Waals surface area contributed by atoms with E-state index in [2.05, 4.69) is 5.32 Å². The average molecular weight is 335 g/mol. The van der Waals surface area contributed by atoms with Crippen LogP contribution in [0.3, 0.4) is 0 Å². The summed E-state index contributed by atoms with van der Waals surface area (Å²) in [6, 6.07) is 13.4. The predicted octanol–water partition coefficient (Wildman–Crippen LogP) is 5.16. The van der Waals surface area contributed by atoms with Gasteiger partial charge in [0.05, 0.1) is 0 Å². The van der Waals surface area contributed by atoms with E-state index in [9.17, 15) is 13.6 Å². The monoisotopic (exact) mass is 334 g/mol. The van der Waals surface area contributed by atoms with Gasteiger partial charge in [-0.3, -0.25) is 4.79 Å². The fourth-order valence-electron chi connectivity index (χ4n) is 2.19. The zero-order chi connectivity index (χ0) is 16.4. The Hall–Kier alpha value is -2.40. The lowest BCUT2D eigenvalue weighted by atomic mass is 10.1. The SMILES string of the molecule is O=C(c1cc(Cl)ccc1N[CH]c1cc2ccccc2o1)C(F)F. The quantitative estimate of drug-likeness (QED) is 0.656. The molecule has 0 saturated heterocycles.